The number of benzene rings is 1. The second-order valence-electron chi connectivity index (χ2n) is 6.78. The van der Waals surface area contributed by atoms with Crippen molar-refractivity contribution in [1.29, 1.82) is 0 Å². The molecule has 7 nitrogen and oxygen atoms in total. The first-order valence-corrected chi connectivity index (χ1v) is 8.94. The highest BCUT2D eigenvalue weighted by Crippen LogP contribution is 2.26. The summed E-state index contributed by atoms with van der Waals surface area (Å²) in [6, 6.07) is 7.67. The van der Waals surface area contributed by atoms with E-state index in [0.29, 0.717) is 5.65 Å². The van der Waals surface area contributed by atoms with Gasteiger partial charge in [0.1, 0.15) is 5.82 Å². The topological polar surface area (TPSA) is 75.9 Å². The number of fused-ring (bicyclic) bond motifs is 1. The SMILES string of the molecule is Cc1cccc(NC(=O)c2nc(N3CCCCC3)c3cn(C)nc3n2)c1. The maximum Gasteiger partial charge on any atom is 0.293 e. The third-order valence-corrected chi connectivity index (χ3v) is 4.61. The lowest BCUT2D eigenvalue weighted by Crippen LogP contribution is -2.31. The Bertz CT molecular complexity index is 958. The van der Waals surface area contributed by atoms with Gasteiger partial charge in [0.25, 0.3) is 5.91 Å². The summed E-state index contributed by atoms with van der Waals surface area (Å²) < 4.78 is 1.72. The molecule has 1 aliphatic heterocycles. The molecule has 7 heteroatoms. The van der Waals surface area contributed by atoms with Crippen LogP contribution in [0.1, 0.15) is 35.4 Å². The van der Waals surface area contributed by atoms with Gasteiger partial charge in [-0.2, -0.15) is 5.10 Å². The van der Waals surface area contributed by atoms with Crippen molar-refractivity contribution in [2.24, 2.45) is 7.05 Å². The molecular formula is C19H22N6O. The largest absolute Gasteiger partial charge is 0.356 e. The molecule has 0 saturated carbocycles. The maximum atomic E-state index is 12.7. The van der Waals surface area contributed by atoms with Crippen molar-refractivity contribution >= 4 is 28.4 Å². The smallest absolute Gasteiger partial charge is 0.293 e. The molecule has 0 radical (unpaired) electrons. The second-order valence-corrected chi connectivity index (χ2v) is 6.78. The molecule has 1 amide bonds. The Hall–Kier alpha value is -2.96. The number of aryl methyl sites for hydroxylation is 2. The number of rotatable bonds is 3. The Morgan fingerprint density at radius 2 is 1.96 bits per heavy atom. The quantitative estimate of drug-likeness (QED) is 0.786. The summed E-state index contributed by atoms with van der Waals surface area (Å²) in [6.45, 7) is 3.88. The van der Waals surface area contributed by atoms with Crippen LogP contribution in [0.25, 0.3) is 11.0 Å². The molecule has 0 atom stereocenters. The number of amides is 1. The van der Waals surface area contributed by atoms with Gasteiger partial charge >= 0.3 is 0 Å². The number of carbonyl (C=O) groups excluding carboxylic acids is 1. The van der Waals surface area contributed by atoms with E-state index in [-0.39, 0.29) is 11.7 Å². The molecule has 0 bridgehead atoms. The van der Waals surface area contributed by atoms with Crippen LogP contribution in [0, 0.1) is 6.92 Å². The van der Waals surface area contributed by atoms with Crippen LogP contribution in [0.15, 0.2) is 30.5 Å². The lowest BCUT2D eigenvalue weighted by atomic mass is 10.1. The van der Waals surface area contributed by atoms with Crippen LogP contribution >= 0.6 is 0 Å². The van der Waals surface area contributed by atoms with Gasteiger partial charge in [-0.05, 0) is 43.9 Å². The van der Waals surface area contributed by atoms with E-state index in [1.807, 2.05) is 44.4 Å². The Kier molecular flexibility index (Phi) is 4.28. The molecule has 4 rings (SSSR count). The van der Waals surface area contributed by atoms with E-state index in [2.05, 4.69) is 25.3 Å². The van der Waals surface area contributed by atoms with Gasteiger partial charge in [-0.1, -0.05) is 12.1 Å². The summed E-state index contributed by atoms with van der Waals surface area (Å²) in [5.74, 6) is 0.636. The average molecular weight is 350 g/mol. The maximum absolute atomic E-state index is 12.7. The summed E-state index contributed by atoms with van der Waals surface area (Å²) in [6.07, 6.45) is 5.42. The van der Waals surface area contributed by atoms with Crippen LogP contribution in [0.3, 0.4) is 0 Å². The fourth-order valence-electron chi connectivity index (χ4n) is 3.36. The Morgan fingerprint density at radius 3 is 2.73 bits per heavy atom. The van der Waals surface area contributed by atoms with Crippen LogP contribution in [0.2, 0.25) is 0 Å². The first-order chi connectivity index (χ1) is 12.6. The van der Waals surface area contributed by atoms with E-state index >= 15 is 0 Å². The highest BCUT2D eigenvalue weighted by molar-refractivity contribution is 6.03. The molecular weight excluding hydrogens is 328 g/mol. The number of anilines is 2. The Balaban J connectivity index is 1.71. The van der Waals surface area contributed by atoms with Crippen molar-refractivity contribution in [2.45, 2.75) is 26.2 Å². The van der Waals surface area contributed by atoms with E-state index in [0.717, 1.165) is 48.4 Å². The van der Waals surface area contributed by atoms with Crippen molar-refractivity contribution in [3.05, 3.63) is 41.9 Å². The predicted octanol–water partition coefficient (Wildman–Crippen LogP) is 2.91. The molecule has 3 heterocycles. The van der Waals surface area contributed by atoms with E-state index < -0.39 is 0 Å². The fourth-order valence-corrected chi connectivity index (χ4v) is 3.36. The minimum Gasteiger partial charge on any atom is -0.356 e. The summed E-state index contributed by atoms with van der Waals surface area (Å²) >= 11 is 0. The molecule has 0 spiro atoms. The molecule has 3 aromatic rings. The monoisotopic (exact) mass is 350 g/mol. The minimum atomic E-state index is -0.318. The molecule has 26 heavy (non-hydrogen) atoms. The van der Waals surface area contributed by atoms with Crippen LogP contribution in [-0.2, 0) is 7.05 Å². The van der Waals surface area contributed by atoms with E-state index in [1.165, 1.54) is 6.42 Å². The van der Waals surface area contributed by atoms with E-state index in [1.54, 1.807) is 4.68 Å². The van der Waals surface area contributed by atoms with Gasteiger partial charge in [-0.15, -0.1) is 0 Å². The number of carbonyl (C=O) groups is 1. The molecule has 1 aromatic carbocycles. The summed E-state index contributed by atoms with van der Waals surface area (Å²) in [5, 5.41) is 8.17. The number of hydrogen-bond donors (Lipinski definition) is 1. The van der Waals surface area contributed by atoms with Crippen LogP contribution < -0.4 is 10.2 Å². The van der Waals surface area contributed by atoms with Gasteiger partial charge in [0.2, 0.25) is 5.82 Å². The van der Waals surface area contributed by atoms with E-state index in [9.17, 15) is 4.79 Å². The first-order valence-electron chi connectivity index (χ1n) is 8.94. The third-order valence-electron chi connectivity index (χ3n) is 4.61. The van der Waals surface area contributed by atoms with Crippen LogP contribution in [-0.4, -0.2) is 38.7 Å². The molecule has 1 saturated heterocycles. The number of piperidine rings is 1. The van der Waals surface area contributed by atoms with Crippen molar-refractivity contribution in [3.8, 4) is 0 Å². The van der Waals surface area contributed by atoms with Gasteiger partial charge in [0.15, 0.2) is 5.65 Å². The first kappa shape index (κ1) is 16.5. The van der Waals surface area contributed by atoms with Gasteiger partial charge in [0.05, 0.1) is 5.39 Å². The van der Waals surface area contributed by atoms with Gasteiger partial charge in [-0.3, -0.25) is 9.48 Å². The zero-order valence-electron chi connectivity index (χ0n) is 15.1. The standard InChI is InChI=1S/C19H22N6O/c1-13-7-6-8-14(11-13)20-19(26)17-21-16-15(12-24(2)23-16)18(22-17)25-9-4-3-5-10-25/h6-8,11-12H,3-5,9-10H2,1-2H3,(H,20,26). The zero-order valence-corrected chi connectivity index (χ0v) is 15.1. The third kappa shape index (κ3) is 3.24. The van der Waals surface area contributed by atoms with E-state index in [4.69, 9.17) is 0 Å². The number of hydrogen-bond acceptors (Lipinski definition) is 5. The van der Waals surface area contributed by atoms with Crippen molar-refractivity contribution in [3.63, 3.8) is 0 Å². The Labute approximate surface area is 152 Å². The van der Waals surface area contributed by atoms with Gasteiger partial charge in [-0.25, -0.2) is 9.97 Å². The summed E-state index contributed by atoms with van der Waals surface area (Å²) in [7, 11) is 1.86. The normalized spacial score (nSPS) is 14.6. The van der Waals surface area contributed by atoms with Gasteiger partial charge in [0, 0.05) is 32.0 Å². The highest BCUT2D eigenvalue weighted by atomic mass is 16.2. The molecule has 2 aromatic heterocycles. The van der Waals surface area contributed by atoms with Crippen LogP contribution in [0.5, 0.6) is 0 Å². The van der Waals surface area contributed by atoms with Crippen molar-refractivity contribution in [2.75, 3.05) is 23.3 Å². The molecule has 1 aliphatic rings. The molecule has 1 fully saturated rings. The van der Waals surface area contributed by atoms with Gasteiger partial charge < -0.3 is 10.2 Å². The van der Waals surface area contributed by atoms with Crippen molar-refractivity contribution in [1.82, 2.24) is 19.7 Å². The average Bonchev–Trinajstić information content (AvgIpc) is 3.01. The van der Waals surface area contributed by atoms with Crippen molar-refractivity contribution < 1.29 is 4.79 Å². The highest BCUT2D eigenvalue weighted by Gasteiger charge is 2.21. The lowest BCUT2D eigenvalue weighted by Gasteiger charge is -2.28. The Morgan fingerprint density at radius 1 is 1.15 bits per heavy atom. The number of nitrogens with one attached hydrogen (secondary N) is 1. The lowest BCUT2D eigenvalue weighted by molar-refractivity contribution is 0.101. The fraction of sp³-hybridized carbons (Fsp3) is 0.368. The molecule has 0 unspecified atom stereocenters. The number of aromatic nitrogens is 4. The molecule has 1 N–H and O–H groups in total. The number of nitrogens with zero attached hydrogens (tertiary/aromatic N) is 5. The molecule has 134 valence electrons. The predicted molar refractivity (Wildman–Crippen MR) is 102 cm³/mol. The minimum absolute atomic E-state index is 0.151. The summed E-state index contributed by atoms with van der Waals surface area (Å²) in [5.41, 5.74) is 2.37. The molecule has 0 aliphatic carbocycles. The summed E-state index contributed by atoms with van der Waals surface area (Å²) in [4.78, 5) is 24.0. The second kappa shape index (κ2) is 6.74. The zero-order chi connectivity index (χ0) is 18.1. The van der Waals surface area contributed by atoms with Crippen LogP contribution in [0.4, 0.5) is 11.5 Å².